The van der Waals surface area contributed by atoms with Crippen LogP contribution < -0.4 is 0 Å². The normalized spacial score (nSPS) is 21.4. The summed E-state index contributed by atoms with van der Waals surface area (Å²) < 4.78 is 37.9. The lowest BCUT2D eigenvalue weighted by Crippen LogP contribution is -2.47. The second-order valence-corrected chi connectivity index (χ2v) is 5.00. The maximum absolute atomic E-state index is 13.6. The molecule has 2 aliphatic heterocycles. The lowest BCUT2D eigenvalue weighted by molar-refractivity contribution is -0.181. The van der Waals surface area contributed by atoms with E-state index < -0.39 is 23.3 Å². The topological polar surface area (TPSA) is 38.8 Å². The van der Waals surface area contributed by atoms with E-state index in [0.29, 0.717) is 39.1 Å². The van der Waals surface area contributed by atoms with Gasteiger partial charge in [-0.15, -0.1) is 0 Å². The third kappa shape index (κ3) is 2.29. The van der Waals surface area contributed by atoms with Crippen LogP contribution in [0.1, 0.15) is 23.2 Å². The van der Waals surface area contributed by atoms with E-state index in [0.717, 1.165) is 6.07 Å². The van der Waals surface area contributed by atoms with Crippen LogP contribution in [-0.2, 0) is 9.47 Å². The van der Waals surface area contributed by atoms with Crippen molar-refractivity contribution in [3.05, 3.63) is 35.4 Å². The van der Waals surface area contributed by atoms with Crippen LogP contribution in [0.3, 0.4) is 0 Å². The maximum Gasteiger partial charge on any atom is 0.256 e. The maximum atomic E-state index is 13.6. The molecule has 0 aromatic heterocycles. The predicted octanol–water partition coefficient (Wildman–Crippen LogP) is 1.94. The fraction of sp³-hybridized carbons (Fsp3) is 0.500. The Morgan fingerprint density at radius 2 is 1.80 bits per heavy atom. The molecule has 0 aliphatic carbocycles. The first-order valence-corrected chi connectivity index (χ1v) is 6.62. The molecule has 0 unspecified atom stereocenters. The molecule has 0 atom stereocenters. The molecule has 0 bridgehead atoms. The molecule has 2 aliphatic rings. The van der Waals surface area contributed by atoms with Gasteiger partial charge in [0.15, 0.2) is 17.4 Å². The molecule has 0 radical (unpaired) electrons. The van der Waals surface area contributed by atoms with Crippen molar-refractivity contribution in [3.63, 3.8) is 0 Å². The lowest BCUT2D eigenvalue weighted by Gasteiger charge is -2.37. The molecule has 3 rings (SSSR count). The van der Waals surface area contributed by atoms with Crippen LogP contribution in [0.4, 0.5) is 8.78 Å². The molecular formula is C14H15F2NO3. The van der Waals surface area contributed by atoms with Gasteiger partial charge in [0.1, 0.15) is 0 Å². The first-order valence-electron chi connectivity index (χ1n) is 6.62. The molecule has 2 saturated heterocycles. The summed E-state index contributed by atoms with van der Waals surface area (Å²) in [6, 6.07) is 3.63. The number of halogens is 2. The number of likely N-dealkylation sites (tertiary alicyclic amines) is 1. The predicted molar refractivity (Wildman–Crippen MR) is 66.1 cm³/mol. The van der Waals surface area contributed by atoms with Gasteiger partial charge >= 0.3 is 0 Å². The Morgan fingerprint density at radius 1 is 1.15 bits per heavy atom. The first-order chi connectivity index (χ1) is 9.61. The zero-order valence-electron chi connectivity index (χ0n) is 10.9. The van der Waals surface area contributed by atoms with Crippen molar-refractivity contribution in [1.82, 2.24) is 4.90 Å². The largest absolute Gasteiger partial charge is 0.347 e. The molecular weight excluding hydrogens is 268 g/mol. The summed E-state index contributed by atoms with van der Waals surface area (Å²) in [5, 5.41) is 0. The molecule has 108 valence electrons. The highest BCUT2D eigenvalue weighted by atomic mass is 19.2. The minimum Gasteiger partial charge on any atom is -0.347 e. The minimum atomic E-state index is -1.09. The summed E-state index contributed by atoms with van der Waals surface area (Å²) in [7, 11) is 0. The molecule has 1 aromatic rings. The highest BCUT2D eigenvalue weighted by molar-refractivity contribution is 5.94. The van der Waals surface area contributed by atoms with Gasteiger partial charge in [0.2, 0.25) is 0 Å². The smallest absolute Gasteiger partial charge is 0.256 e. The summed E-state index contributed by atoms with van der Waals surface area (Å²) in [6.07, 6.45) is 1.10. The van der Waals surface area contributed by atoms with Gasteiger partial charge in [0.05, 0.1) is 18.8 Å². The molecule has 20 heavy (non-hydrogen) atoms. The monoisotopic (exact) mass is 283 g/mol. The number of hydrogen-bond donors (Lipinski definition) is 0. The van der Waals surface area contributed by atoms with E-state index in [1.54, 1.807) is 0 Å². The van der Waals surface area contributed by atoms with Crippen molar-refractivity contribution in [2.75, 3.05) is 26.3 Å². The highest BCUT2D eigenvalue weighted by Gasteiger charge is 2.41. The number of rotatable bonds is 1. The Labute approximate surface area is 115 Å². The molecule has 2 fully saturated rings. The fourth-order valence-corrected chi connectivity index (χ4v) is 2.68. The van der Waals surface area contributed by atoms with E-state index in [4.69, 9.17) is 9.47 Å². The van der Waals surface area contributed by atoms with E-state index in [9.17, 15) is 13.6 Å². The Morgan fingerprint density at radius 3 is 2.45 bits per heavy atom. The number of carbonyl (C=O) groups is 1. The van der Waals surface area contributed by atoms with Gasteiger partial charge in [-0.2, -0.15) is 0 Å². The van der Waals surface area contributed by atoms with Crippen molar-refractivity contribution in [2.24, 2.45) is 0 Å². The number of ether oxygens (including phenoxy) is 2. The zero-order valence-corrected chi connectivity index (χ0v) is 10.9. The van der Waals surface area contributed by atoms with Crippen LogP contribution >= 0.6 is 0 Å². The van der Waals surface area contributed by atoms with Crippen molar-refractivity contribution in [1.29, 1.82) is 0 Å². The summed E-state index contributed by atoms with van der Waals surface area (Å²) >= 11 is 0. The average Bonchev–Trinajstić information content (AvgIpc) is 2.90. The Balaban J connectivity index is 1.71. The van der Waals surface area contributed by atoms with Gasteiger partial charge in [-0.25, -0.2) is 8.78 Å². The summed E-state index contributed by atoms with van der Waals surface area (Å²) in [5.41, 5.74) is -0.228. The van der Waals surface area contributed by atoms with Gasteiger partial charge in [0.25, 0.3) is 5.91 Å². The minimum absolute atomic E-state index is 0.228. The molecule has 1 spiro atoms. The van der Waals surface area contributed by atoms with E-state index in [-0.39, 0.29) is 5.56 Å². The molecule has 4 nitrogen and oxygen atoms in total. The van der Waals surface area contributed by atoms with Crippen molar-refractivity contribution < 1.29 is 23.0 Å². The van der Waals surface area contributed by atoms with Crippen molar-refractivity contribution in [2.45, 2.75) is 18.6 Å². The second kappa shape index (κ2) is 5.10. The van der Waals surface area contributed by atoms with Crippen LogP contribution in [0.5, 0.6) is 0 Å². The van der Waals surface area contributed by atoms with Gasteiger partial charge in [-0.1, -0.05) is 6.07 Å². The Kier molecular flexibility index (Phi) is 3.43. The van der Waals surface area contributed by atoms with E-state index in [1.165, 1.54) is 17.0 Å². The highest BCUT2D eigenvalue weighted by Crippen LogP contribution is 2.31. The van der Waals surface area contributed by atoms with Gasteiger partial charge in [-0.3, -0.25) is 4.79 Å². The third-order valence-electron chi connectivity index (χ3n) is 3.81. The summed E-state index contributed by atoms with van der Waals surface area (Å²) in [6.45, 7) is 1.95. The summed E-state index contributed by atoms with van der Waals surface area (Å²) in [5.74, 6) is -3.18. The molecule has 0 saturated carbocycles. The molecule has 2 heterocycles. The number of hydrogen-bond acceptors (Lipinski definition) is 3. The first kappa shape index (κ1) is 13.5. The standard InChI is InChI=1S/C14H15F2NO3/c15-11-3-1-2-10(12(11)16)13(18)17-6-4-14(5-7-17)19-8-9-20-14/h1-3H,4-9H2. The van der Waals surface area contributed by atoms with Gasteiger partial charge in [0, 0.05) is 25.9 Å². The van der Waals surface area contributed by atoms with E-state index in [1.807, 2.05) is 0 Å². The van der Waals surface area contributed by atoms with Gasteiger partial charge in [-0.05, 0) is 12.1 Å². The summed E-state index contributed by atoms with van der Waals surface area (Å²) in [4.78, 5) is 13.7. The molecule has 0 N–H and O–H groups in total. The number of carbonyl (C=O) groups excluding carboxylic acids is 1. The van der Waals surface area contributed by atoms with Crippen molar-refractivity contribution >= 4 is 5.91 Å². The number of benzene rings is 1. The van der Waals surface area contributed by atoms with E-state index >= 15 is 0 Å². The lowest BCUT2D eigenvalue weighted by atomic mass is 10.0. The zero-order chi connectivity index (χ0) is 14.2. The SMILES string of the molecule is O=C(c1cccc(F)c1F)N1CCC2(CC1)OCCO2. The van der Waals surface area contributed by atoms with E-state index in [2.05, 4.69) is 0 Å². The molecule has 1 aromatic carbocycles. The fourth-order valence-electron chi connectivity index (χ4n) is 2.68. The van der Waals surface area contributed by atoms with Gasteiger partial charge < -0.3 is 14.4 Å². The second-order valence-electron chi connectivity index (χ2n) is 5.00. The Hall–Kier alpha value is -1.53. The van der Waals surface area contributed by atoms with Crippen LogP contribution in [0, 0.1) is 11.6 Å². The van der Waals surface area contributed by atoms with Crippen molar-refractivity contribution in [3.8, 4) is 0 Å². The number of amides is 1. The van der Waals surface area contributed by atoms with Crippen LogP contribution in [0.2, 0.25) is 0 Å². The van der Waals surface area contributed by atoms with Crippen LogP contribution in [0.15, 0.2) is 18.2 Å². The molecule has 6 heteroatoms. The number of piperidine rings is 1. The molecule has 1 amide bonds. The quantitative estimate of drug-likeness (QED) is 0.790. The Bertz CT molecular complexity index is 519. The third-order valence-corrected chi connectivity index (χ3v) is 3.81. The van der Waals surface area contributed by atoms with Crippen LogP contribution in [-0.4, -0.2) is 42.9 Å². The average molecular weight is 283 g/mol. The van der Waals surface area contributed by atoms with Crippen LogP contribution in [0.25, 0.3) is 0 Å². The number of nitrogens with zero attached hydrogens (tertiary/aromatic N) is 1.